The monoisotopic (exact) mass is 574 g/mol. The van der Waals surface area contributed by atoms with Crippen LogP contribution in [0.25, 0.3) is 0 Å². The fourth-order valence-electron chi connectivity index (χ4n) is 2.92. The van der Waals surface area contributed by atoms with Gasteiger partial charge in [0, 0.05) is 21.2 Å². The second-order valence-corrected chi connectivity index (χ2v) is 9.34. The number of methoxy groups -OCH3 is 1. The molecule has 0 radical (unpaired) electrons. The molecule has 2 heterocycles. The molecule has 2 rings (SSSR count). The summed E-state index contributed by atoms with van der Waals surface area (Å²) in [5.41, 5.74) is 2.10. The van der Waals surface area contributed by atoms with E-state index in [2.05, 4.69) is 25.3 Å². The van der Waals surface area contributed by atoms with E-state index in [1.807, 2.05) is 38.5 Å². The smallest absolute Gasteiger partial charge is 0.354 e. The van der Waals surface area contributed by atoms with Crippen LogP contribution in [0.2, 0.25) is 0 Å². The summed E-state index contributed by atoms with van der Waals surface area (Å²) in [4.78, 5) is 56.7. The van der Waals surface area contributed by atoms with Gasteiger partial charge in [0.25, 0.3) is 11.8 Å². The van der Waals surface area contributed by atoms with Gasteiger partial charge in [-0.1, -0.05) is 26.0 Å². The minimum absolute atomic E-state index is 0.104. The number of nitrogens with one attached hydrogen (secondary N) is 2. The summed E-state index contributed by atoms with van der Waals surface area (Å²) < 4.78 is 4.58. The molecular formula is C27H34N4O6S2. The van der Waals surface area contributed by atoms with Gasteiger partial charge in [0.1, 0.15) is 22.8 Å². The van der Waals surface area contributed by atoms with Crippen LogP contribution in [0.3, 0.4) is 0 Å². The Morgan fingerprint density at radius 1 is 0.821 bits per heavy atom. The number of carbonyl (C=O) groups excluding carboxylic acids is 3. The maximum atomic E-state index is 12.1. The molecule has 0 saturated carbocycles. The van der Waals surface area contributed by atoms with E-state index in [0.29, 0.717) is 6.42 Å². The van der Waals surface area contributed by atoms with E-state index in [4.69, 9.17) is 5.11 Å². The number of esters is 1. The third-order valence-corrected chi connectivity index (χ3v) is 6.49. The van der Waals surface area contributed by atoms with Gasteiger partial charge in [-0.2, -0.15) is 0 Å². The van der Waals surface area contributed by atoms with Crippen LogP contribution in [-0.4, -0.2) is 58.4 Å². The molecule has 3 N–H and O–H groups in total. The summed E-state index contributed by atoms with van der Waals surface area (Å²) in [6.45, 7) is 7.12. The molecule has 0 bridgehead atoms. The number of carbonyl (C=O) groups is 4. The van der Waals surface area contributed by atoms with E-state index in [1.54, 1.807) is 26.0 Å². The van der Waals surface area contributed by atoms with Crippen LogP contribution in [0.5, 0.6) is 0 Å². The fourth-order valence-corrected chi connectivity index (χ4v) is 3.89. The van der Waals surface area contributed by atoms with Crippen LogP contribution in [-0.2, 0) is 27.2 Å². The fraction of sp³-hybridized carbons (Fsp3) is 0.333. The Bertz CT molecular complexity index is 1220. The summed E-state index contributed by atoms with van der Waals surface area (Å²) in [6, 6.07) is 7.20. The first-order valence-corrected chi connectivity index (χ1v) is 14.4. The Labute approximate surface area is 237 Å². The SMILES string of the molecule is C/C=C(/NC(=O)c1cc(SC)cc(CC)n1)C(=O)O.C/C=C(/NC(=O)c1cc(SC)cc(CC)n1)C(=O)OC. The minimum Gasteiger partial charge on any atom is -0.477 e. The van der Waals surface area contributed by atoms with Crippen molar-refractivity contribution in [3.8, 4) is 0 Å². The lowest BCUT2D eigenvalue weighted by Gasteiger charge is -2.09. The summed E-state index contributed by atoms with van der Waals surface area (Å²) >= 11 is 3.05. The number of carboxylic acid groups (broad SMARTS) is 1. The van der Waals surface area contributed by atoms with Crippen LogP contribution in [0.1, 0.15) is 60.1 Å². The zero-order valence-electron chi connectivity index (χ0n) is 23.1. The number of aliphatic carboxylic acids is 1. The number of hydrogen-bond acceptors (Lipinski definition) is 9. The van der Waals surface area contributed by atoms with Crippen LogP contribution < -0.4 is 10.6 Å². The molecule has 12 heteroatoms. The Kier molecular flexibility index (Phi) is 14.6. The number of pyridine rings is 2. The molecule has 10 nitrogen and oxygen atoms in total. The average molecular weight is 575 g/mol. The molecule has 0 aliphatic rings. The van der Waals surface area contributed by atoms with Gasteiger partial charge in [0.05, 0.1) is 7.11 Å². The van der Waals surface area contributed by atoms with Gasteiger partial charge in [-0.15, -0.1) is 23.5 Å². The van der Waals surface area contributed by atoms with Crippen LogP contribution >= 0.6 is 23.5 Å². The molecule has 2 aromatic rings. The molecule has 0 spiro atoms. The van der Waals surface area contributed by atoms with E-state index >= 15 is 0 Å². The average Bonchev–Trinajstić information content (AvgIpc) is 2.97. The third-order valence-electron chi connectivity index (χ3n) is 5.07. The molecule has 0 saturated heterocycles. The van der Waals surface area contributed by atoms with Crippen LogP contribution in [0, 0.1) is 0 Å². The summed E-state index contributed by atoms with van der Waals surface area (Å²) in [6.07, 6.45) is 8.11. The number of rotatable bonds is 10. The van der Waals surface area contributed by atoms with Crippen molar-refractivity contribution in [2.75, 3.05) is 19.6 Å². The first-order valence-electron chi connectivity index (χ1n) is 11.9. The summed E-state index contributed by atoms with van der Waals surface area (Å²) in [5.74, 6) is -2.69. The number of amides is 2. The van der Waals surface area contributed by atoms with Crippen LogP contribution in [0.4, 0.5) is 0 Å². The first kappa shape index (κ1) is 33.4. The molecule has 0 aliphatic heterocycles. The molecule has 2 aromatic heterocycles. The van der Waals surface area contributed by atoms with Crippen molar-refractivity contribution in [1.82, 2.24) is 20.6 Å². The lowest BCUT2D eigenvalue weighted by molar-refractivity contribution is -0.136. The number of thioether (sulfide) groups is 2. The van der Waals surface area contributed by atoms with Gasteiger partial charge in [0.15, 0.2) is 0 Å². The van der Waals surface area contributed by atoms with E-state index in [-0.39, 0.29) is 22.8 Å². The van der Waals surface area contributed by atoms with Crippen molar-refractivity contribution in [2.24, 2.45) is 0 Å². The second kappa shape index (κ2) is 17.0. The van der Waals surface area contributed by atoms with E-state index < -0.39 is 23.8 Å². The molecule has 0 aromatic carbocycles. The molecule has 0 fully saturated rings. The standard InChI is InChI=1S/C14H18N2O3S.C13H16N2O3S/c1-5-9-7-10(20-4)8-12(15-9)13(17)16-11(6-2)14(18)19-3;1-4-8-6-9(19-3)7-11(14-8)12(16)15-10(5-2)13(17)18/h6-8H,5H2,1-4H3,(H,16,17);5-7H,4H2,1-3H3,(H,15,16)(H,17,18)/b11-6+;10-5+. The minimum atomic E-state index is -1.17. The number of hydrogen-bond donors (Lipinski definition) is 3. The summed E-state index contributed by atoms with van der Waals surface area (Å²) in [7, 11) is 1.26. The van der Waals surface area contributed by atoms with Crippen molar-refractivity contribution >= 4 is 47.3 Å². The van der Waals surface area contributed by atoms with Gasteiger partial charge in [0.2, 0.25) is 0 Å². The zero-order valence-corrected chi connectivity index (χ0v) is 24.7. The topological polar surface area (TPSA) is 148 Å². The number of carboxylic acids is 1. The third kappa shape index (κ3) is 10.6. The highest BCUT2D eigenvalue weighted by atomic mass is 32.2. The largest absolute Gasteiger partial charge is 0.477 e. The molecule has 210 valence electrons. The van der Waals surface area contributed by atoms with Crippen LogP contribution in [0.15, 0.2) is 57.6 Å². The number of allylic oxidation sites excluding steroid dienone is 2. The Hall–Kier alpha value is -3.64. The highest BCUT2D eigenvalue weighted by Crippen LogP contribution is 2.18. The summed E-state index contributed by atoms with van der Waals surface area (Å²) in [5, 5.41) is 13.7. The molecule has 0 aliphatic carbocycles. The zero-order chi connectivity index (χ0) is 29.5. The van der Waals surface area contributed by atoms with Gasteiger partial charge >= 0.3 is 11.9 Å². The highest BCUT2D eigenvalue weighted by Gasteiger charge is 2.16. The van der Waals surface area contributed by atoms with Gasteiger partial charge in [-0.05, 0) is 63.5 Å². The number of aromatic nitrogens is 2. The lowest BCUT2D eigenvalue weighted by atomic mass is 10.2. The Balaban J connectivity index is 0.000000391. The van der Waals surface area contributed by atoms with Crippen molar-refractivity contribution in [2.45, 2.75) is 50.3 Å². The predicted octanol–water partition coefficient (Wildman–Crippen LogP) is 4.26. The number of aryl methyl sites for hydroxylation is 2. The maximum Gasteiger partial charge on any atom is 0.354 e. The molecule has 2 amide bonds. The van der Waals surface area contributed by atoms with Crippen molar-refractivity contribution in [3.63, 3.8) is 0 Å². The second-order valence-electron chi connectivity index (χ2n) is 7.58. The molecular weight excluding hydrogens is 540 g/mol. The quantitative estimate of drug-likeness (QED) is 0.214. The predicted molar refractivity (Wildman–Crippen MR) is 153 cm³/mol. The molecule has 0 atom stereocenters. The lowest BCUT2D eigenvalue weighted by Crippen LogP contribution is -2.29. The van der Waals surface area contributed by atoms with E-state index in [9.17, 15) is 19.2 Å². The van der Waals surface area contributed by atoms with Crippen molar-refractivity contribution in [3.05, 3.63) is 70.6 Å². The highest BCUT2D eigenvalue weighted by molar-refractivity contribution is 7.98. The number of ether oxygens (including phenoxy) is 1. The molecule has 0 unspecified atom stereocenters. The Morgan fingerprint density at radius 3 is 1.54 bits per heavy atom. The number of nitrogens with zero attached hydrogens (tertiary/aromatic N) is 2. The van der Waals surface area contributed by atoms with E-state index in [0.717, 1.165) is 27.6 Å². The normalized spacial score (nSPS) is 11.2. The van der Waals surface area contributed by atoms with Crippen molar-refractivity contribution < 1.29 is 29.0 Å². The Morgan fingerprint density at radius 2 is 1.23 bits per heavy atom. The van der Waals surface area contributed by atoms with Crippen molar-refractivity contribution in [1.29, 1.82) is 0 Å². The van der Waals surface area contributed by atoms with Gasteiger partial charge in [-0.25, -0.2) is 19.6 Å². The van der Waals surface area contributed by atoms with E-state index in [1.165, 1.54) is 42.8 Å². The molecule has 39 heavy (non-hydrogen) atoms. The first-order chi connectivity index (χ1) is 18.6. The van der Waals surface area contributed by atoms with Gasteiger partial charge < -0.3 is 20.5 Å². The maximum absolute atomic E-state index is 12.1. The van der Waals surface area contributed by atoms with Gasteiger partial charge in [-0.3, -0.25) is 9.59 Å².